The zero-order chi connectivity index (χ0) is 16.2. The summed E-state index contributed by atoms with van der Waals surface area (Å²) in [6.45, 7) is 6.44. The summed E-state index contributed by atoms with van der Waals surface area (Å²) in [5.41, 5.74) is 2.95. The first-order valence-electron chi connectivity index (χ1n) is 7.39. The molecule has 1 amide bonds. The Hall–Kier alpha value is -2.13. The number of amidine groups is 1. The van der Waals surface area contributed by atoms with Gasteiger partial charge in [-0.1, -0.05) is 75.4 Å². The smallest absolute Gasteiger partial charge is 0.229 e. The molecule has 2 N–H and O–H groups in total. The van der Waals surface area contributed by atoms with Crippen LogP contribution < -0.4 is 5.32 Å². The number of amides is 1. The van der Waals surface area contributed by atoms with Gasteiger partial charge in [0, 0.05) is 5.56 Å². The van der Waals surface area contributed by atoms with E-state index in [0.29, 0.717) is 0 Å². The van der Waals surface area contributed by atoms with Crippen molar-refractivity contribution < 1.29 is 4.79 Å². The Kier molecular flexibility index (Phi) is 6.52. The quantitative estimate of drug-likeness (QED) is 0.646. The van der Waals surface area contributed by atoms with Gasteiger partial charge in [-0.2, -0.15) is 0 Å². The summed E-state index contributed by atoms with van der Waals surface area (Å²) in [5, 5.41) is 10.7. The maximum Gasteiger partial charge on any atom is 0.229 e. The van der Waals surface area contributed by atoms with E-state index < -0.39 is 0 Å². The van der Waals surface area contributed by atoms with Crippen LogP contribution in [0.15, 0.2) is 54.6 Å². The highest BCUT2D eigenvalue weighted by Crippen LogP contribution is 2.22. The van der Waals surface area contributed by atoms with Crippen molar-refractivity contribution in [2.24, 2.45) is 0 Å². The minimum atomic E-state index is -0.170. The molecule has 0 bridgehead atoms. The summed E-state index contributed by atoms with van der Waals surface area (Å²) in [6, 6.07) is 17.3. The van der Waals surface area contributed by atoms with E-state index >= 15 is 0 Å². The molecule has 122 valence electrons. The average Bonchev–Trinajstić information content (AvgIpc) is 2.47. The average molecular weight is 331 g/mol. The van der Waals surface area contributed by atoms with Crippen LogP contribution in [0.3, 0.4) is 0 Å². The molecule has 4 heteroatoms. The van der Waals surface area contributed by atoms with Crippen LogP contribution in [0.1, 0.15) is 37.5 Å². The minimum absolute atomic E-state index is 0. The normalized spacial score (nSPS) is 10.6. The zero-order valence-corrected chi connectivity index (χ0v) is 14.5. The van der Waals surface area contributed by atoms with Crippen LogP contribution >= 0.6 is 12.4 Å². The third-order valence-electron chi connectivity index (χ3n) is 3.51. The first-order valence-corrected chi connectivity index (χ1v) is 7.39. The van der Waals surface area contributed by atoms with E-state index in [2.05, 4.69) is 26.1 Å². The Labute approximate surface area is 144 Å². The zero-order valence-electron chi connectivity index (χ0n) is 13.7. The maximum atomic E-state index is 12.0. The van der Waals surface area contributed by atoms with Gasteiger partial charge in [-0.3, -0.25) is 10.2 Å². The van der Waals surface area contributed by atoms with Gasteiger partial charge >= 0.3 is 0 Å². The predicted octanol–water partition coefficient (Wildman–Crippen LogP) is 4.09. The van der Waals surface area contributed by atoms with Gasteiger partial charge in [-0.15, -0.1) is 12.4 Å². The molecule has 0 aliphatic carbocycles. The summed E-state index contributed by atoms with van der Waals surface area (Å²) in [6.07, 6.45) is 0.281. The fourth-order valence-corrected chi connectivity index (χ4v) is 2.17. The Morgan fingerprint density at radius 2 is 1.57 bits per heavy atom. The molecule has 0 saturated heterocycles. The first-order chi connectivity index (χ1) is 10.4. The molecule has 0 saturated carbocycles. The van der Waals surface area contributed by atoms with Crippen LogP contribution in [0.5, 0.6) is 0 Å². The van der Waals surface area contributed by atoms with Crippen LogP contribution in [0.4, 0.5) is 0 Å². The minimum Gasteiger partial charge on any atom is -0.310 e. The number of benzene rings is 2. The molecule has 2 rings (SSSR count). The summed E-state index contributed by atoms with van der Waals surface area (Å²) in [4.78, 5) is 12.0. The SMILES string of the molecule is CC(C)(C)c1ccc(C(=N)NC(=O)Cc2ccccc2)cc1.Cl. The van der Waals surface area contributed by atoms with Gasteiger partial charge < -0.3 is 5.32 Å². The van der Waals surface area contributed by atoms with Crippen LogP contribution in [-0.4, -0.2) is 11.7 Å². The lowest BCUT2D eigenvalue weighted by molar-refractivity contribution is -0.119. The van der Waals surface area contributed by atoms with Gasteiger partial charge in [0.05, 0.1) is 6.42 Å². The molecule has 0 aliphatic heterocycles. The van der Waals surface area contributed by atoms with E-state index in [9.17, 15) is 4.79 Å². The highest BCUT2D eigenvalue weighted by atomic mass is 35.5. The molecular formula is C19H23ClN2O. The Morgan fingerprint density at radius 3 is 2.09 bits per heavy atom. The van der Waals surface area contributed by atoms with Crippen LogP contribution in [-0.2, 0) is 16.6 Å². The van der Waals surface area contributed by atoms with E-state index in [1.807, 2.05) is 54.6 Å². The van der Waals surface area contributed by atoms with E-state index in [1.54, 1.807) is 0 Å². The molecule has 0 unspecified atom stereocenters. The van der Waals surface area contributed by atoms with Crippen molar-refractivity contribution in [1.29, 1.82) is 5.41 Å². The van der Waals surface area contributed by atoms with Crippen molar-refractivity contribution in [3.05, 3.63) is 71.3 Å². The Morgan fingerprint density at radius 1 is 1.00 bits per heavy atom. The number of rotatable bonds is 3. The van der Waals surface area contributed by atoms with Crippen molar-refractivity contribution in [2.75, 3.05) is 0 Å². The number of carbonyl (C=O) groups is 1. The summed E-state index contributed by atoms with van der Waals surface area (Å²) >= 11 is 0. The highest BCUT2D eigenvalue weighted by molar-refractivity contribution is 6.06. The molecule has 0 fully saturated rings. The lowest BCUT2D eigenvalue weighted by atomic mass is 9.86. The summed E-state index contributed by atoms with van der Waals surface area (Å²) in [7, 11) is 0. The molecular weight excluding hydrogens is 308 g/mol. The molecule has 23 heavy (non-hydrogen) atoms. The summed E-state index contributed by atoms with van der Waals surface area (Å²) < 4.78 is 0. The standard InChI is InChI=1S/C19H22N2O.ClH/c1-19(2,3)16-11-9-15(10-12-16)18(20)21-17(22)13-14-7-5-4-6-8-14;/h4-12H,13H2,1-3H3,(H2,20,21,22);1H. The maximum absolute atomic E-state index is 12.0. The fraction of sp³-hybridized carbons (Fsp3) is 0.263. The van der Waals surface area contributed by atoms with Gasteiger partial charge in [-0.25, -0.2) is 0 Å². The number of halogens is 1. The third kappa shape index (κ3) is 5.53. The number of nitrogens with one attached hydrogen (secondary N) is 2. The van der Waals surface area contributed by atoms with E-state index in [-0.39, 0.29) is 36.0 Å². The monoisotopic (exact) mass is 330 g/mol. The van der Waals surface area contributed by atoms with Gasteiger partial charge in [0.25, 0.3) is 0 Å². The van der Waals surface area contributed by atoms with Crippen molar-refractivity contribution in [2.45, 2.75) is 32.6 Å². The number of hydrogen-bond donors (Lipinski definition) is 2. The largest absolute Gasteiger partial charge is 0.310 e. The lowest BCUT2D eigenvalue weighted by Gasteiger charge is -2.19. The molecule has 0 atom stereocenters. The van der Waals surface area contributed by atoms with Crippen molar-refractivity contribution in [1.82, 2.24) is 5.32 Å². The topological polar surface area (TPSA) is 53.0 Å². The molecule has 0 aromatic heterocycles. The van der Waals surface area contributed by atoms with Crippen LogP contribution in [0, 0.1) is 5.41 Å². The van der Waals surface area contributed by atoms with Gasteiger partial charge in [0.15, 0.2) is 0 Å². The van der Waals surface area contributed by atoms with E-state index in [4.69, 9.17) is 5.41 Å². The molecule has 2 aromatic rings. The fourth-order valence-electron chi connectivity index (χ4n) is 2.17. The summed E-state index contributed by atoms with van der Waals surface area (Å²) in [5.74, 6) is -0.0301. The van der Waals surface area contributed by atoms with Gasteiger partial charge in [0.2, 0.25) is 5.91 Å². The predicted molar refractivity (Wildman–Crippen MR) is 97.5 cm³/mol. The molecule has 3 nitrogen and oxygen atoms in total. The first kappa shape index (κ1) is 18.9. The Balaban J connectivity index is 0.00000264. The third-order valence-corrected chi connectivity index (χ3v) is 3.51. The highest BCUT2D eigenvalue weighted by Gasteiger charge is 2.14. The second-order valence-electron chi connectivity index (χ2n) is 6.41. The van der Waals surface area contributed by atoms with Gasteiger partial charge in [-0.05, 0) is 16.5 Å². The van der Waals surface area contributed by atoms with E-state index in [0.717, 1.165) is 11.1 Å². The van der Waals surface area contributed by atoms with Crippen molar-refractivity contribution in [3.63, 3.8) is 0 Å². The number of carbonyl (C=O) groups excluding carboxylic acids is 1. The van der Waals surface area contributed by atoms with E-state index in [1.165, 1.54) is 5.56 Å². The molecule has 2 aromatic carbocycles. The van der Waals surface area contributed by atoms with Crippen LogP contribution in [0.2, 0.25) is 0 Å². The van der Waals surface area contributed by atoms with Gasteiger partial charge in [0.1, 0.15) is 5.84 Å². The van der Waals surface area contributed by atoms with Crippen molar-refractivity contribution in [3.8, 4) is 0 Å². The molecule has 0 radical (unpaired) electrons. The second kappa shape index (κ2) is 7.93. The van der Waals surface area contributed by atoms with Crippen molar-refractivity contribution >= 4 is 24.1 Å². The lowest BCUT2D eigenvalue weighted by Crippen LogP contribution is -2.31. The molecule has 0 spiro atoms. The molecule has 0 heterocycles. The molecule has 0 aliphatic rings. The number of hydrogen-bond acceptors (Lipinski definition) is 2. The second-order valence-corrected chi connectivity index (χ2v) is 6.41. The Bertz CT molecular complexity index is 658. The van der Waals surface area contributed by atoms with Crippen LogP contribution in [0.25, 0.3) is 0 Å².